The lowest BCUT2D eigenvalue weighted by molar-refractivity contribution is 0.399. The maximum atomic E-state index is 13.2. The first-order valence-corrected chi connectivity index (χ1v) is 8.57. The first-order chi connectivity index (χ1) is 12.6. The number of hydrogen-bond donors (Lipinski definition) is 0. The van der Waals surface area contributed by atoms with Gasteiger partial charge in [0.15, 0.2) is 5.65 Å². The van der Waals surface area contributed by atoms with E-state index in [0.29, 0.717) is 29.3 Å². The summed E-state index contributed by atoms with van der Waals surface area (Å²) in [5.41, 5.74) is 3.90. The smallest absolute Gasteiger partial charge is 0.277 e. The van der Waals surface area contributed by atoms with Gasteiger partial charge in [-0.2, -0.15) is 4.98 Å². The fourth-order valence-corrected chi connectivity index (χ4v) is 3.44. The molecule has 0 N–H and O–H groups in total. The van der Waals surface area contributed by atoms with Crippen molar-refractivity contribution in [2.75, 3.05) is 7.11 Å². The standard InChI is InChI=1S/C20H20N4O2/c1-13-18-20(25)23(12-11-15-7-5-4-6-8-15)16-9-10-17(26-3)22-19(16)24(18)14(2)21-13/h4-10H,11-12H2,1-3H3. The predicted octanol–water partition coefficient (Wildman–Crippen LogP) is 2.91. The number of nitrogens with zero attached hydrogens (tertiary/aromatic N) is 4. The van der Waals surface area contributed by atoms with Crippen LogP contribution < -0.4 is 10.3 Å². The molecule has 6 heteroatoms. The van der Waals surface area contributed by atoms with Crippen LogP contribution in [0.4, 0.5) is 0 Å². The lowest BCUT2D eigenvalue weighted by atomic mass is 10.1. The van der Waals surface area contributed by atoms with Crippen LogP contribution in [0.5, 0.6) is 5.88 Å². The minimum Gasteiger partial charge on any atom is -0.481 e. The van der Waals surface area contributed by atoms with E-state index >= 15 is 0 Å². The number of ether oxygens (including phenoxy) is 1. The fraction of sp³-hybridized carbons (Fsp3) is 0.250. The van der Waals surface area contributed by atoms with E-state index in [9.17, 15) is 4.79 Å². The van der Waals surface area contributed by atoms with Gasteiger partial charge in [-0.05, 0) is 31.9 Å². The van der Waals surface area contributed by atoms with Gasteiger partial charge in [0, 0.05) is 12.6 Å². The first-order valence-electron chi connectivity index (χ1n) is 8.57. The lowest BCUT2D eigenvalue weighted by Crippen LogP contribution is -2.25. The zero-order chi connectivity index (χ0) is 18.3. The second-order valence-electron chi connectivity index (χ2n) is 6.32. The zero-order valence-electron chi connectivity index (χ0n) is 15.1. The van der Waals surface area contributed by atoms with Gasteiger partial charge in [0.05, 0.1) is 18.3 Å². The number of fused-ring (bicyclic) bond motifs is 3. The molecule has 0 aliphatic carbocycles. The molecular formula is C20H20N4O2. The van der Waals surface area contributed by atoms with Gasteiger partial charge in [0.25, 0.3) is 5.56 Å². The molecule has 0 unspecified atom stereocenters. The SMILES string of the molecule is COc1ccc2c(n1)n1c(C)nc(C)c1c(=O)n2CCc1ccccc1. The molecule has 0 saturated heterocycles. The highest BCUT2D eigenvalue weighted by atomic mass is 16.5. The van der Waals surface area contributed by atoms with Crippen molar-refractivity contribution in [2.24, 2.45) is 0 Å². The molecule has 3 heterocycles. The third-order valence-corrected chi connectivity index (χ3v) is 4.67. The van der Waals surface area contributed by atoms with Gasteiger partial charge < -0.3 is 9.30 Å². The van der Waals surface area contributed by atoms with Crippen molar-refractivity contribution in [2.45, 2.75) is 26.8 Å². The Morgan fingerprint density at radius 1 is 1.04 bits per heavy atom. The number of rotatable bonds is 4. The summed E-state index contributed by atoms with van der Waals surface area (Å²) >= 11 is 0. The van der Waals surface area contributed by atoms with E-state index in [1.54, 1.807) is 17.7 Å². The van der Waals surface area contributed by atoms with Crippen LogP contribution in [-0.4, -0.2) is 26.0 Å². The normalized spacial score (nSPS) is 11.3. The van der Waals surface area contributed by atoms with Crippen molar-refractivity contribution in [1.29, 1.82) is 0 Å². The number of hydrogen-bond acceptors (Lipinski definition) is 4. The average Bonchev–Trinajstić information content (AvgIpc) is 2.96. The van der Waals surface area contributed by atoms with Crippen molar-refractivity contribution in [1.82, 2.24) is 18.9 Å². The first kappa shape index (κ1) is 16.3. The van der Waals surface area contributed by atoms with Crippen molar-refractivity contribution >= 4 is 16.7 Å². The molecule has 26 heavy (non-hydrogen) atoms. The topological polar surface area (TPSA) is 61.4 Å². The molecular weight excluding hydrogens is 328 g/mol. The number of aryl methyl sites for hydroxylation is 4. The minimum absolute atomic E-state index is 0.0431. The molecule has 6 nitrogen and oxygen atoms in total. The van der Waals surface area contributed by atoms with Gasteiger partial charge in [-0.1, -0.05) is 30.3 Å². The molecule has 132 valence electrons. The Labute approximate surface area is 150 Å². The molecule has 0 spiro atoms. The molecule has 1 aromatic carbocycles. The van der Waals surface area contributed by atoms with E-state index in [1.165, 1.54) is 5.56 Å². The minimum atomic E-state index is -0.0431. The van der Waals surface area contributed by atoms with E-state index in [1.807, 2.05) is 42.5 Å². The van der Waals surface area contributed by atoms with Crippen LogP contribution >= 0.6 is 0 Å². The molecule has 4 rings (SSSR count). The van der Waals surface area contributed by atoms with E-state index in [0.717, 1.165) is 17.8 Å². The summed E-state index contributed by atoms with van der Waals surface area (Å²) < 4.78 is 8.90. The highest BCUT2D eigenvalue weighted by molar-refractivity contribution is 5.77. The average molecular weight is 348 g/mol. The zero-order valence-corrected chi connectivity index (χ0v) is 15.1. The Balaban J connectivity index is 1.97. The van der Waals surface area contributed by atoms with Crippen LogP contribution in [0.2, 0.25) is 0 Å². The molecule has 0 fully saturated rings. The monoisotopic (exact) mass is 348 g/mol. The Kier molecular flexibility index (Phi) is 3.95. The number of aromatic nitrogens is 4. The van der Waals surface area contributed by atoms with Crippen molar-refractivity contribution < 1.29 is 4.74 Å². The van der Waals surface area contributed by atoms with E-state index in [2.05, 4.69) is 22.1 Å². The van der Waals surface area contributed by atoms with Crippen LogP contribution in [0.25, 0.3) is 16.7 Å². The van der Waals surface area contributed by atoms with E-state index < -0.39 is 0 Å². The highest BCUT2D eigenvalue weighted by Crippen LogP contribution is 2.20. The molecule has 0 aliphatic rings. The lowest BCUT2D eigenvalue weighted by Gasteiger charge is -2.13. The van der Waals surface area contributed by atoms with E-state index in [-0.39, 0.29) is 5.56 Å². The summed E-state index contributed by atoms with van der Waals surface area (Å²) in [5, 5.41) is 0. The number of imidazole rings is 1. The van der Waals surface area contributed by atoms with Gasteiger partial charge >= 0.3 is 0 Å². The number of benzene rings is 1. The van der Waals surface area contributed by atoms with Gasteiger partial charge in [0.2, 0.25) is 5.88 Å². The highest BCUT2D eigenvalue weighted by Gasteiger charge is 2.17. The predicted molar refractivity (Wildman–Crippen MR) is 101 cm³/mol. The Morgan fingerprint density at radius 2 is 1.81 bits per heavy atom. The summed E-state index contributed by atoms with van der Waals surface area (Å²) in [6.07, 6.45) is 0.768. The van der Waals surface area contributed by atoms with Gasteiger partial charge in [0.1, 0.15) is 11.3 Å². The number of pyridine rings is 1. The quantitative estimate of drug-likeness (QED) is 0.569. The molecule has 4 aromatic rings. The van der Waals surface area contributed by atoms with Crippen molar-refractivity contribution in [3.05, 3.63) is 69.9 Å². The molecule has 0 amide bonds. The summed E-state index contributed by atoms with van der Waals surface area (Å²) in [4.78, 5) is 22.3. The largest absolute Gasteiger partial charge is 0.481 e. The van der Waals surface area contributed by atoms with Crippen LogP contribution in [0.15, 0.2) is 47.3 Å². The Bertz CT molecular complexity index is 1160. The second kappa shape index (κ2) is 6.29. The number of methoxy groups -OCH3 is 1. The molecule has 0 bridgehead atoms. The van der Waals surface area contributed by atoms with Crippen LogP contribution in [0.1, 0.15) is 17.1 Å². The molecule has 0 radical (unpaired) electrons. The summed E-state index contributed by atoms with van der Waals surface area (Å²) in [5.74, 6) is 1.26. The molecule has 0 atom stereocenters. The maximum Gasteiger partial charge on any atom is 0.277 e. The van der Waals surface area contributed by atoms with Crippen molar-refractivity contribution in [3.8, 4) is 5.88 Å². The summed E-state index contributed by atoms with van der Waals surface area (Å²) in [7, 11) is 1.59. The molecule has 0 saturated carbocycles. The fourth-order valence-electron chi connectivity index (χ4n) is 3.44. The maximum absolute atomic E-state index is 13.2. The summed E-state index contributed by atoms with van der Waals surface area (Å²) in [6.45, 7) is 4.32. The van der Waals surface area contributed by atoms with E-state index in [4.69, 9.17) is 4.74 Å². The molecule has 3 aromatic heterocycles. The third kappa shape index (κ3) is 2.54. The Morgan fingerprint density at radius 3 is 2.54 bits per heavy atom. The summed E-state index contributed by atoms with van der Waals surface area (Å²) in [6, 6.07) is 13.8. The van der Waals surface area contributed by atoms with Crippen LogP contribution in [0, 0.1) is 13.8 Å². The molecule has 0 aliphatic heterocycles. The Hall–Kier alpha value is -3.15. The third-order valence-electron chi connectivity index (χ3n) is 4.67. The van der Waals surface area contributed by atoms with Gasteiger partial charge in [-0.3, -0.25) is 9.20 Å². The van der Waals surface area contributed by atoms with Gasteiger partial charge in [-0.15, -0.1) is 0 Å². The van der Waals surface area contributed by atoms with Crippen molar-refractivity contribution in [3.63, 3.8) is 0 Å². The van der Waals surface area contributed by atoms with Crippen LogP contribution in [0.3, 0.4) is 0 Å². The van der Waals surface area contributed by atoms with Crippen LogP contribution in [-0.2, 0) is 13.0 Å². The second-order valence-corrected chi connectivity index (χ2v) is 6.32. The van der Waals surface area contributed by atoms with Gasteiger partial charge in [-0.25, -0.2) is 4.98 Å².